The van der Waals surface area contributed by atoms with Gasteiger partial charge in [-0.3, -0.25) is 9.59 Å². The quantitative estimate of drug-likeness (QED) is 0.777. The summed E-state index contributed by atoms with van der Waals surface area (Å²) in [6.45, 7) is 0.0334. The van der Waals surface area contributed by atoms with Gasteiger partial charge in [-0.1, -0.05) is 0 Å². The molecule has 6 nitrogen and oxygen atoms in total. The van der Waals surface area contributed by atoms with Crippen molar-refractivity contribution in [3.05, 3.63) is 29.8 Å². The zero-order valence-corrected chi connectivity index (χ0v) is 13.2. The summed E-state index contributed by atoms with van der Waals surface area (Å²) in [6, 6.07) is 6.46. The lowest BCUT2D eigenvalue weighted by Crippen LogP contribution is -2.27. The number of carbonyl (C=O) groups is 2. The van der Waals surface area contributed by atoms with E-state index in [9.17, 15) is 18.0 Å². The Labute approximate surface area is 127 Å². The van der Waals surface area contributed by atoms with Gasteiger partial charge in [-0.05, 0) is 24.3 Å². The fraction of sp³-hybridized carbons (Fsp3) is 0.385. The van der Waals surface area contributed by atoms with Crippen LogP contribution in [0.3, 0.4) is 0 Å². The van der Waals surface area contributed by atoms with Gasteiger partial charge in [0.15, 0.2) is 0 Å². The molecule has 0 aliphatic carbocycles. The van der Waals surface area contributed by atoms with Crippen molar-refractivity contribution in [3.8, 4) is 0 Å². The SMILES string of the molecule is CN(C)C(=O)c1ccc(N2CC(S(=O)(=O)Cl)CC2=O)cc1. The van der Waals surface area contributed by atoms with Gasteiger partial charge in [0, 0.05) is 49.0 Å². The molecule has 0 radical (unpaired) electrons. The Morgan fingerprint density at radius 2 is 1.86 bits per heavy atom. The molecule has 1 aromatic rings. The van der Waals surface area contributed by atoms with Gasteiger partial charge in [0.1, 0.15) is 5.25 Å². The van der Waals surface area contributed by atoms with Gasteiger partial charge >= 0.3 is 0 Å². The van der Waals surface area contributed by atoms with Gasteiger partial charge in [0.05, 0.1) is 0 Å². The first-order chi connectivity index (χ1) is 9.70. The van der Waals surface area contributed by atoms with Gasteiger partial charge < -0.3 is 9.80 Å². The predicted octanol–water partition coefficient (Wildman–Crippen LogP) is 1.06. The summed E-state index contributed by atoms with van der Waals surface area (Å²) in [5.74, 6) is -0.438. The Kier molecular flexibility index (Phi) is 4.25. The maximum absolute atomic E-state index is 11.9. The molecule has 1 aliphatic heterocycles. The van der Waals surface area contributed by atoms with Crippen molar-refractivity contribution in [2.24, 2.45) is 0 Å². The summed E-state index contributed by atoms with van der Waals surface area (Å²) in [5, 5.41) is -0.894. The predicted molar refractivity (Wildman–Crippen MR) is 80.0 cm³/mol. The van der Waals surface area contributed by atoms with Crippen LogP contribution in [0.1, 0.15) is 16.8 Å². The number of anilines is 1. The van der Waals surface area contributed by atoms with Crippen LogP contribution in [0.4, 0.5) is 5.69 Å². The van der Waals surface area contributed by atoms with Crippen LogP contribution in [0.15, 0.2) is 24.3 Å². The van der Waals surface area contributed by atoms with Crippen molar-refractivity contribution < 1.29 is 18.0 Å². The summed E-state index contributed by atoms with van der Waals surface area (Å²) >= 11 is 0. The molecular weight excluding hydrogens is 316 g/mol. The van der Waals surface area contributed by atoms with Crippen LogP contribution in [-0.2, 0) is 13.8 Å². The number of halogens is 1. The second-order valence-corrected chi connectivity index (χ2v) is 7.96. The van der Waals surface area contributed by atoms with E-state index in [0.717, 1.165) is 0 Å². The van der Waals surface area contributed by atoms with E-state index in [2.05, 4.69) is 0 Å². The number of hydrogen-bond donors (Lipinski definition) is 0. The Morgan fingerprint density at radius 3 is 2.29 bits per heavy atom. The Hall–Kier alpha value is -1.60. The van der Waals surface area contributed by atoms with E-state index in [0.29, 0.717) is 11.3 Å². The molecule has 1 aliphatic rings. The van der Waals surface area contributed by atoms with Crippen LogP contribution in [-0.4, -0.2) is 51.0 Å². The second kappa shape index (κ2) is 5.65. The second-order valence-electron chi connectivity index (χ2n) is 5.05. The lowest BCUT2D eigenvalue weighted by Gasteiger charge is -2.17. The average Bonchev–Trinajstić information content (AvgIpc) is 2.80. The minimum Gasteiger partial charge on any atom is -0.345 e. The van der Waals surface area contributed by atoms with Crippen molar-refractivity contribution in [1.29, 1.82) is 0 Å². The van der Waals surface area contributed by atoms with Crippen LogP contribution in [0.5, 0.6) is 0 Å². The van der Waals surface area contributed by atoms with Crippen molar-refractivity contribution >= 4 is 37.2 Å². The maximum atomic E-state index is 11.9. The highest BCUT2D eigenvalue weighted by Gasteiger charge is 2.37. The number of nitrogens with zero attached hydrogens (tertiary/aromatic N) is 2. The molecule has 1 heterocycles. The molecule has 1 unspecified atom stereocenters. The van der Waals surface area contributed by atoms with Crippen molar-refractivity contribution in [3.63, 3.8) is 0 Å². The number of amides is 2. The molecule has 0 saturated carbocycles. The summed E-state index contributed by atoms with van der Waals surface area (Å²) in [7, 11) is 4.84. The zero-order valence-electron chi connectivity index (χ0n) is 11.6. The summed E-state index contributed by atoms with van der Waals surface area (Å²) in [5.41, 5.74) is 1.05. The molecule has 1 aromatic carbocycles. The lowest BCUT2D eigenvalue weighted by molar-refractivity contribution is -0.117. The topological polar surface area (TPSA) is 74.8 Å². The first-order valence-electron chi connectivity index (χ1n) is 6.25. The van der Waals surface area contributed by atoms with Crippen molar-refractivity contribution in [1.82, 2.24) is 4.90 Å². The number of carbonyl (C=O) groups excluding carboxylic acids is 2. The van der Waals surface area contributed by atoms with Crippen molar-refractivity contribution in [2.45, 2.75) is 11.7 Å². The molecule has 0 bridgehead atoms. The maximum Gasteiger partial charge on any atom is 0.253 e. The molecule has 2 amide bonds. The third-order valence-electron chi connectivity index (χ3n) is 3.32. The molecular formula is C13H15ClN2O4S. The molecule has 0 N–H and O–H groups in total. The van der Waals surface area contributed by atoms with Gasteiger partial charge in [-0.15, -0.1) is 0 Å². The number of benzene rings is 1. The van der Waals surface area contributed by atoms with Crippen LogP contribution >= 0.6 is 10.7 Å². The van der Waals surface area contributed by atoms with Crippen LogP contribution in [0.25, 0.3) is 0 Å². The van der Waals surface area contributed by atoms with E-state index in [1.165, 1.54) is 9.80 Å². The summed E-state index contributed by atoms with van der Waals surface area (Å²) in [4.78, 5) is 26.5. The van der Waals surface area contributed by atoms with Crippen molar-refractivity contribution in [2.75, 3.05) is 25.5 Å². The van der Waals surface area contributed by atoms with Crippen LogP contribution in [0, 0.1) is 0 Å². The first-order valence-corrected chi connectivity index (χ1v) is 8.63. The van der Waals surface area contributed by atoms with E-state index in [1.807, 2.05) is 0 Å². The fourth-order valence-corrected chi connectivity index (χ4v) is 3.18. The molecule has 114 valence electrons. The normalized spacial score (nSPS) is 18.9. The largest absolute Gasteiger partial charge is 0.345 e. The van der Waals surface area contributed by atoms with E-state index < -0.39 is 14.3 Å². The molecule has 1 fully saturated rings. The highest BCUT2D eigenvalue weighted by molar-refractivity contribution is 8.14. The molecule has 0 aromatic heterocycles. The highest BCUT2D eigenvalue weighted by Crippen LogP contribution is 2.27. The van der Waals surface area contributed by atoms with Crippen LogP contribution < -0.4 is 4.90 Å². The molecule has 1 atom stereocenters. The molecule has 2 rings (SSSR count). The zero-order chi connectivity index (χ0) is 15.8. The fourth-order valence-electron chi connectivity index (χ4n) is 2.16. The van der Waals surface area contributed by atoms with E-state index in [4.69, 9.17) is 10.7 Å². The Bertz CT molecular complexity index is 670. The van der Waals surface area contributed by atoms with Crippen LogP contribution in [0.2, 0.25) is 0 Å². The van der Waals surface area contributed by atoms with Gasteiger partial charge in [0.2, 0.25) is 15.0 Å². The standard InChI is InChI=1S/C13H15ClN2O4S/c1-15(2)13(18)9-3-5-10(6-4-9)16-8-11(7-12(16)17)21(14,19)20/h3-6,11H,7-8H2,1-2H3. The van der Waals surface area contributed by atoms with Gasteiger partial charge in [-0.2, -0.15) is 0 Å². The highest BCUT2D eigenvalue weighted by atomic mass is 35.7. The van der Waals surface area contributed by atoms with E-state index in [-0.39, 0.29) is 24.8 Å². The third-order valence-corrected chi connectivity index (χ3v) is 5.19. The van der Waals surface area contributed by atoms with E-state index >= 15 is 0 Å². The third kappa shape index (κ3) is 3.36. The minimum absolute atomic E-state index is 0.0334. The number of hydrogen-bond acceptors (Lipinski definition) is 4. The molecule has 0 spiro atoms. The molecule has 8 heteroatoms. The van der Waals surface area contributed by atoms with Gasteiger partial charge in [0.25, 0.3) is 5.91 Å². The monoisotopic (exact) mass is 330 g/mol. The average molecular weight is 331 g/mol. The first kappa shape index (κ1) is 15.8. The van der Waals surface area contributed by atoms with E-state index in [1.54, 1.807) is 38.4 Å². The summed E-state index contributed by atoms with van der Waals surface area (Å²) < 4.78 is 22.6. The lowest BCUT2D eigenvalue weighted by atomic mass is 10.2. The smallest absolute Gasteiger partial charge is 0.253 e. The summed E-state index contributed by atoms with van der Waals surface area (Å²) in [6.07, 6.45) is -0.121. The molecule has 1 saturated heterocycles. The Morgan fingerprint density at radius 1 is 1.29 bits per heavy atom. The van der Waals surface area contributed by atoms with Gasteiger partial charge in [-0.25, -0.2) is 8.42 Å². The Balaban J connectivity index is 2.20. The number of rotatable bonds is 3. The molecule has 21 heavy (non-hydrogen) atoms. The minimum atomic E-state index is -3.76.